The first-order valence-electron chi connectivity index (χ1n) is 5.00. The summed E-state index contributed by atoms with van der Waals surface area (Å²) in [5.41, 5.74) is 0.241. The predicted molar refractivity (Wildman–Crippen MR) is 60.4 cm³/mol. The molecule has 15 heavy (non-hydrogen) atoms. The van der Waals surface area contributed by atoms with Crippen LogP contribution in [0.3, 0.4) is 0 Å². The number of hydrogen-bond donors (Lipinski definition) is 0. The molecule has 0 aliphatic heterocycles. The summed E-state index contributed by atoms with van der Waals surface area (Å²) in [5.74, 6) is -0.130. The van der Waals surface area contributed by atoms with Gasteiger partial charge in [-0.2, -0.15) is 0 Å². The summed E-state index contributed by atoms with van der Waals surface area (Å²) in [6.07, 6.45) is 4.05. The normalized spacial score (nSPS) is 19.6. The van der Waals surface area contributed by atoms with Crippen molar-refractivity contribution < 1.29 is 9.59 Å². The summed E-state index contributed by atoms with van der Waals surface area (Å²) in [7, 11) is 0. The average molecular weight is 204 g/mol. The summed E-state index contributed by atoms with van der Waals surface area (Å²) < 4.78 is 0. The molecule has 2 heteroatoms. The van der Waals surface area contributed by atoms with E-state index in [2.05, 4.69) is 13.2 Å². The Morgan fingerprint density at radius 3 is 1.60 bits per heavy atom. The largest absolute Gasteiger partial charge is 0.293 e. The van der Waals surface area contributed by atoms with Crippen LogP contribution in [0, 0.1) is 5.41 Å². The van der Waals surface area contributed by atoms with Crippen LogP contribution < -0.4 is 0 Å². The predicted octanol–water partition coefficient (Wildman–Crippen LogP) is 2.61. The van der Waals surface area contributed by atoms with E-state index in [1.54, 1.807) is 26.0 Å². The van der Waals surface area contributed by atoms with Crippen molar-refractivity contribution in [3.05, 3.63) is 36.5 Å². The molecule has 0 aromatic rings. The van der Waals surface area contributed by atoms with Crippen LogP contribution in [0.5, 0.6) is 0 Å². The van der Waals surface area contributed by atoms with E-state index in [1.165, 1.54) is 0 Å². The van der Waals surface area contributed by atoms with Crippen molar-refractivity contribution in [2.75, 3.05) is 0 Å². The van der Waals surface area contributed by atoms with Crippen molar-refractivity contribution >= 4 is 11.6 Å². The molecular formula is C13H16O2. The van der Waals surface area contributed by atoms with Crippen LogP contribution in [0.15, 0.2) is 36.5 Å². The van der Waals surface area contributed by atoms with Gasteiger partial charge in [-0.3, -0.25) is 9.59 Å². The monoisotopic (exact) mass is 204 g/mol. The number of rotatable bonds is 4. The number of hydrogen-bond acceptors (Lipinski definition) is 2. The molecule has 0 amide bonds. The standard InChI is InChI=1S/C13H16O2/c1-5-7-13(8-6-2)11(14)9(3)10(4)12(13)15/h5-6H,1-2,7-8H2,3-4H3. The molecule has 0 unspecified atom stereocenters. The Bertz CT molecular complexity index is 336. The van der Waals surface area contributed by atoms with Crippen LogP contribution in [0.25, 0.3) is 0 Å². The lowest BCUT2D eigenvalue weighted by molar-refractivity contribution is -0.133. The van der Waals surface area contributed by atoms with Crippen LogP contribution in [0.4, 0.5) is 0 Å². The SMILES string of the molecule is C=CCC1(CC=C)C(=O)C(C)=C(C)C1=O. The molecule has 2 nitrogen and oxygen atoms in total. The van der Waals surface area contributed by atoms with Crippen LogP contribution in [0.1, 0.15) is 26.7 Å². The Morgan fingerprint density at radius 2 is 1.33 bits per heavy atom. The first kappa shape index (κ1) is 11.6. The second-order valence-electron chi connectivity index (χ2n) is 3.98. The van der Waals surface area contributed by atoms with Gasteiger partial charge < -0.3 is 0 Å². The molecule has 0 aromatic carbocycles. The summed E-state index contributed by atoms with van der Waals surface area (Å²) in [5, 5.41) is 0. The minimum Gasteiger partial charge on any atom is -0.293 e. The van der Waals surface area contributed by atoms with Gasteiger partial charge in [0.1, 0.15) is 5.41 Å². The number of ketones is 2. The molecule has 0 N–H and O–H groups in total. The van der Waals surface area contributed by atoms with Crippen LogP contribution in [-0.2, 0) is 9.59 Å². The molecule has 0 fully saturated rings. The van der Waals surface area contributed by atoms with Gasteiger partial charge >= 0.3 is 0 Å². The summed E-state index contributed by atoms with van der Waals surface area (Å²) >= 11 is 0. The molecule has 0 radical (unpaired) electrons. The molecule has 0 saturated carbocycles. The van der Waals surface area contributed by atoms with Gasteiger partial charge in [0.05, 0.1) is 0 Å². The Labute approximate surface area is 90.4 Å². The van der Waals surface area contributed by atoms with Gasteiger partial charge in [0, 0.05) is 0 Å². The minimum absolute atomic E-state index is 0.0650. The number of allylic oxidation sites excluding steroid dienone is 4. The number of carbonyl (C=O) groups excluding carboxylic acids is 2. The highest BCUT2D eigenvalue weighted by Crippen LogP contribution is 2.41. The fourth-order valence-electron chi connectivity index (χ4n) is 2.11. The molecule has 0 bridgehead atoms. The average Bonchev–Trinajstić information content (AvgIpc) is 2.36. The van der Waals surface area contributed by atoms with Gasteiger partial charge in [-0.05, 0) is 37.8 Å². The van der Waals surface area contributed by atoms with Gasteiger partial charge in [-0.15, -0.1) is 13.2 Å². The third-order valence-corrected chi connectivity index (χ3v) is 3.10. The first-order valence-corrected chi connectivity index (χ1v) is 5.00. The number of Topliss-reactive ketones (excluding diaryl/α,β-unsaturated/α-hetero) is 2. The van der Waals surface area contributed by atoms with E-state index in [4.69, 9.17) is 0 Å². The minimum atomic E-state index is -0.933. The Hall–Kier alpha value is -1.44. The summed E-state index contributed by atoms with van der Waals surface area (Å²) in [4.78, 5) is 24.1. The quantitative estimate of drug-likeness (QED) is 0.521. The van der Waals surface area contributed by atoms with E-state index in [9.17, 15) is 9.59 Å². The summed E-state index contributed by atoms with van der Waals surface area (Å²) in [6, 6.07) is 0. The smallest absolute Gasteiger partial charge is 0.173 e. The maximum atomic E-state index is 12.1. The van der Waals surface area contributed by atoms with Crippen molar-refractivity contribution in [1.82, 2.24) is 0 Å². The highest BCUT2D eigenvalue weighted by Gasteiger charge is 2.49. The van der Waals surface area contributed by atoms with Crippen LogP contribution in [0.2, 0.25) is 0 Å². The highest BCUT2D eigenvalue weighted by atomic mass is 16.2. The lowest BCUT2D eigenvalue weighted by atomic mass is 9.76. The topological polar surface area (TPSA) is 34.1 Å². The molecule has 1 aliphatic rings. The van der Waals surface area contributed by atoms with Crippen molar-refractivity contribution in [3.8, 4) is 0 Å². The fourth-order valence-corrected chi connectivity index (χ4v) is 2.11. The van der Waals surface area contributed by atoms with E-state index in [-0.39, 0.29) is 11.6 Å². The third-order valence-electron chi connectivity index (χ3n) is 3.10. The van der Waals surface area contributed by atoms with Crippen LogP contribution >= 0.6 is 0 Å². The lowest BCUT2D eigenvalue weighted by Gasteiger charge is -2.23. The second-order valence-corrected chi connectivity index (χ2v) is 3.98. The molecule has 0 aromatic heterocycles. The third kappa shape index (κ3) is 1.50. The molecule has 0 saturated heterocycles. The Kier molecular flexibility index (Phi) is 3.08. The maximum Gasteiger partial charge on any atom is 0.173 e. The maximum absolute atomic E-state index is 12.1. The molecule has 1 rings (SSSR count). The van der Waals surface area contributed by atoms with Crippen molar-refractivity contribution in [1.29, 1.82) is 0 Å². The molecule has 0 spiro atoms. The van der Waals surface area contributed by atoms with Gasteiger partial charge in [-0.1, -0.05) is 12.2 Å². The van der Waals surface area contributed by atoms with Crippen molar-refractivity contribution in [3.63, 3.8) is 0 Å². The van der Waals surface area contributed by atoms with Gasteiger partial charge in [0.25, 0.3) is 0 Å². The van der Waals surface area contributed by atoms with Gasteiger partial charge in [0.15, 0.2) is 11.6 Å². The Balaban J connectivity index is 3.23. The van der Waals surface area contributed by atoms with E-state index < -0.39 is 5.41 Å². The second kappa shape index (κ2) is 3.97. The van der Waals surface area contributed by atoms with E-state index in [1.807, 2.05) is 0 Å². The molecule has 0 heterocycles. The Morgan fingerprint density at radius 1 is 1.00 bits per heavy atom. The zero-order valence-corrected chi connectivity index (χ0v) is 9.30. The van der Waals surface area contributed by atoms with Gasteiger partial charge in [0.2, 0.25) is 0 Å². The fraction of sp³-hybridized carbons (Fsp3) is 0.385. The van der Waals surface area contributed by atoms with Crippen molar-refractivity contribution in [2.45, 2.75) is 26.7 Å². The molecular weight excluding hydrogens is 188 g/mol. The number of carbonyl (C=O) groups is 2. The zero-order chi connectivity index (χ0) is 11.6. The summed E-state index contributed by atoms with van der Waals surface area (Å²) in [6.45, 7) is 10.6. The lowest BCUT2D eigenvalue weighted by Crippen LogP contribution is -2.34. The molecule has 0 atom stereocenters. The molecule has 1 aliphatic carbocycles. The first-order chi connectivity index (χ1) is 7.01. The molecule has 80 valence electrons. The van der Waals surface area contributed by atoms with Crippen LogP contribution in [-0.4, -0.2) is 11.6 Å². The van der Waals surface area contributed by atoms with Crippen molar-refractivity contribution in [2.24, 2.45) is 5.41 Å². The van der Waals surface area contributed by atoms with E-state index in [0.717, 1.165) is 0 Å². The van der Waals surface area contributed by atoms with E-state index >= 15 is 0 Å². The van der Waals surface area contributed by atoms with E-state index in [0.29, 0.717) is 24.0 Å². The highest BCUT2D eigenvalue weighted by molar-refractivity contribution is 6.27. The zero-order valence-electron chi connectivity index (χ0n) is 9.30. The van der Waals surface area contributed by atoms with Gasteiger partial charge in [-0.25, -0.2) is 0 Å².